The second kappa shape index (κ2) is 2.88. The average Bonchev–Trinajstić information content (AvgIpc) is 1.90. The number of hydrogen-bond donors (Lipinski definition) is 0. The van der Waals surface area contributed by atoms with Crippen LogP contribution in [0.15, 0.2) is 30.3 Å². The molecule has 0 heterocycles. The van der Waals surface area contributed by atoms with Crippen LogP contribution in [0.3, 0.4) is 0 Å². The summed E-state index contributed by atoms with van der Waals surface area (Å²) in [5, 5.41) is 0. The van der Waals surface area contributed by atoms with Gasteiger partial charge in [0.15, 0.2) is 0 Å². The van der Waals surface area contributed by atoms with E-state index in [-0.39, 0.29) is 0 Å². The lowest BCUT2D eigenvalue weighted by molar-refractivity contribution is 0.875. The van der Waals surface area contributed by atoms with Gasteiger partial charge in [0.25, 0.3) is 0 Å². The summed E-state index contributed by atoms with van der Waals surface area (Å²) >= 11 is 5.14. The SMILES string of the molecule is FB(Cl)c1ccccc1. The molecule has 0 saturated heterocycles. The molecule has 0 aromatic heterocycles. The van der Waals surface area contributed by atoms with E-state index in [4.69, 9.17) is 11.5 Å². The normalized spacial score (nSPS) is 9.11. The van der Waals surface area contributed by atoms with Crippen LogP contribution < -0.4 is 5.46 Å². The zero-order valence-corrected chi connectivity index (χ0v) is 5.48. The van der Waals surface area contributed by atoms with Gasteiger partial charge in [-0.3, -0.25) is 0 Å². The lowest BCUT2D eigenvalue weighted by atomic mass is 9.90. The maximum Gasteiger partial charge on any atom is 0.480 e. The van der Waals surface area contributed by atoms with Crippen LogP contribution in [0.25, 0.3) is 0 Å². The van der Waals surface area contributed by atoms with Gasteiger partial charge in [0.2, 0.25) is 0 Å². The molecule has 0 N–H and O–H groups in total. The van der Waals surface area contributed by atoms with Crippen molar-refractivity contribution < 1.29 is 4.32 Å². The Hall–Kier alpha value is -0.495. The molecule has 0 saturated carbocycles. The first-order valence-electron chi connectivity index (χ1n) is 2.64. The summed E-state index contributed by atoms with van der Waals surface area (Å²) in [7, 11) is 0. The Kier molecular flexibility index (Phi) is 2.12. The minimum absolute atomic E-state index is 0.513. The molecule has 0 nitrogen and oxygen atoms in total. The van der Waals surface area contributed by atoms with E-state index in [1.54, 1.807) is 24.3 Å². The third kappa shape index (κ3) is 1.72. The van der Waals surface area contributed by atoms with E-state index in [2.05, 4.69) is 0 Å². The van der Waals surface area contributed by atoms with Gasteiger partial charge in [-0.25, -0.2) is 0 Å². The summed E-state index contributed by atoms with van der Waals surface area (Å²) in [5.74, 6) is 0. The maximum absolute atomic E-state index is 12.2. The van der Waals surface area contributed by atoms with Gasteiger partial charge in [-0.1, -0.05) is 30.3 Å². The predicted octanol–water partition coefficient (Wildman–Crippen LogP) is 1.59. The topological polar surface area (TPSA) is 0 Å². The Labute approximate surface area is 58.7 Å². The summed E-state index contributed by atoms with van der Waals surface area (Å²) in [6.07, 6.45) is -1.37. The Morgan fingerprint density at radius 2 is 1.78 bits per heavy atom. The molecule has 0 atom stereocenters. The fourth-order valence-corrected chi connectivity index (χ4v) is 0.744. The number of benzene rings is 1. The lowest BCUT2D eigenvalue weighted by Gasteiger charge is -1.91. The van der Waals surface area contributed by atoms with Crippen molar-refractivity contribution in [3.05, 3.63) is 30.3 Å². The van der Waals surface area contributed by atoms with Crippen molar-refractivity contribution in [2.45, 2.75) is 0 Å². The molecule has 1 aromatic rings. The van der Waals surface area contributed by atoms with E-state index in [1.807, 2.05) is 6.07 Å². The summed E-state index contributed by atoms with van der Waals surface area (Å²) in [6, 6.07) is 8.63. The van der Waals surface area contributed by atoms with E-state index in [0.29, 0.717) is 5.46 Å². The zero-order valence-electron chi connectivity index (χ0n) is 4.72. The molecule has 0 aliphatic rings. The monoisotopic (exact) mass is 142 g/mol. The average molecular weight is 142 g/mol. The highest BCUT2D eigenvalue weighted by atomic mass is 35.5. The highest BCUT2D eigenvalue weighted by molar-refractivity contribution is 7.10. The molecule has 0 radical (unpaired) electrons. The number of hydrogen-bond acceptors (Lipinski definition) is 0. The Morgan fingerprint density at radius 1 is 1.22 bits per heavy atom. The molecule has 0 aliphatic heterocycles. The Morgan fingerprint density at radius 3 is 2.11 bits per heavy atom. The van der Waals surface area contributed by atoms with E-state index < -0.39 is 6.41 Å². The number of rotatable bonds is 1. The van der Waals surface area contributed by atoms with Gasteiger partial charge >= 0.3 is 6.41 Å². The molecule has 46 valence electrons. The molecule has 1 rings (SSSR count). The van der Waals surface area contributed by atoms with Gasteiger partial charge in [-0.2, -0.15) is 0 Å². The van der Waals surface area contributed by atoms with Crippen molar-refractivity contribution in [1.82, 2.24) is 0 Å². The fraction of sp³-hybridized carbons (Fsp3) is 0. The first-order valence-corrected chi connectivity index (χ1v) is 3.07. The Balaban J connectivity index is 2.85. The molecule has 0 unspecified atom stereocenters. The molecule has 0 fully saturated rings. The lowest BCUT2D eigenvalue weighted by Crippen LogP contribution is -2.17. The molecule has 0 spiro atoms. The van der Waals surface area contributed by atoms with Crippen LogP contribution in [0.4, 0.5) is 4.32 Å². The van der Waals surface area contributed by atoms with Crippen molar-refractivity contribution in [1.29, 1.82) is 0 Å². The van der Waals surface area contributed by atoms with Crippen LogP contribution in [0, 0.1) is 0 Å². The second-order valence-electron chi connectivity index (χ2n) is 1.71. The second-order valence-corrected chi connectivity index (χ2v) is 2.09. The predicted molar refractivity (Wildman–Crippen MR) is 38.8 cm³/mol. The van der Waals surface area contributed by atoms with Gasteiger partial charge in [-0.05, 0) is 5.46 Å². The first kappa shape index (κ1) is 6.62. The van der Waals surface area contributed by atoms with E-state index in [9.17, 15) is 4.32 Å². The summed E-state index contributed by atoms with van der Waals surface area (Å²) in [4.78, 5) is 0. The fourth-order valence-electron chi connectivity index (χ4n) is 0.599. The van der Waals surface area contributed by atoms with E-state index >= 15 is 0 Å². The van der Waals surface area contributed by atoms with Crippen LogP contribution in [-0.2, 0) is 0 Å². The molecule has 3 heteroatoms. The highest BCUT2D eigenvalue weighted by Crippen LogP contribution is 1.92. The third-order valence-electron chi connectivity index (χ3n) is 1.05. The summed E-state index contributed by atoms with van der Waals surface area (Å²) in [6.45, 7) is 0. The van der Waals surface area contributed by atoms with Gasteiger partial charge in [0.05, 0.1) is 0 Å². The molecular weight excluding hydrogens is 137 g/mol. The molecular formula is C6H5BClF. The van der Waals surface area contributed by atoms with Gasteiger partial charge in [0, 0.05) is 0 Å². The van der Waals surface area contributed by atoms with Crippen molar-refractivity contribution in [3.8, 4) is 0 Å². The minimum atomic E-state index is -1.37. The van der Waals surface area contributed by atoms with Gasteiger partial charge < -0.3 is 4.32 Å². The van der Waals surface area contributed by atoms with Crippen LogP contribution in [-0.4, -0.2) is 6.41 Å². The van der Waals surface area contributed by atoms with Crippen LogP contribution in [0.2, 0.25) is 0 Å². The Bertz CT molecular complexity index is 176. The minimum Gasteiger partial charge on any atom is -0.305 e. The highest BCUT2D eigenvalue weighted by Gasteiger charge is 2.09. The number of halogens is 2. The standard InChI is InChI=1S/C6H5BClF/c8-7(9)6-4-2-1-3-5-6/h1-5H. The molecule has 1 aromatic carbocycles. The first-order chi connectivity index (χ1) is 4.30. The van der Waals surface area contributed by atoms with Crippen molar-refractivity contribution in [3.63, 3.8) is 0 Å². The quantitative estimate of drug-likeness (QED) is 0.522. The largest absolute Gasteiger partial charge is 0.480 e. The maximum atomic E-state index is 12.2. The molecule has 0 bridgehead atoms. The van der Waals surface area contributed by atoms with E-state index in [1.165, 1.54) is 0 Å². The van der Waals surface area contributed by atoms with Crippen molar-refractivity contribution in [2.75, 3.05) is 0 Å². The van der Waals surface area contributed by atoms with Crippen LogP contribution >= 0.6 is 11.5 Å². The van der Waals surface area contributed by atoms with E-state index in [0.717, 1.165) is 0 Å². The molecule has 0 aliphatic carbocycles. The summed E-state index contributed by atoms with van der Waals surface area (Å²) < 4.78 is 12.2. The van der Waals surface area contributed by atoms with Crippen molar-refractivity contribution >= 4 is 23.3 Å². The van der Waals surface area contributed by atoms with Crippen molar-refractivity contribution in [2.24, 2.45) is 0 Å². The molecule has 9 heavy (non-hydrogen) atoms. The summed E-state index contributed by atoms with van der Waals surface area (Å²) in [5.41, 5.74) is 0.513. The van der Waals surface area contributed by atoms with Crippen LogP contribution in [0.1, 0.15) is 0 Å². The van der Waals surface area contributed by atoms with Gasteiger partial charge in [-0.15, -0.1) is 11.5 Å². The smallest absolute Gasteiger partial charge is 0.305 e. The van der Waals surface area contributed by atoms with Gasteiger partial charge in [0.1, 0.15) is 0 Å². The zero-order chi connectivity index (χ0) is 6.69. The molecule has 0 amide bonds. The third-order valence-corrected chi connectivity index (χ3v) is 1.30. The van der Waals surface area contributed by atoms with Crippen LogP contribution in [0.5, 0.6) is 0 Å².